The van der Waals surface area contributed by atoms with Crippen LogP contribution in [-0.2, 0) is 4.79 Å². The third kappa shape index (κ3) is 2.89. The van der Waals surface area contributed by atoms with E-state index in [2.05, 4.69) is 10.2 Å². The zero-order valence-corrected chi connectivity index (χ0v) is 14.6. The van der Waals surface area contributed by atoms with E-state index in [9.17, 15) is 9.18 Å². The van der Waals surface area contributed by atoms with Crippen molar-refractivity contribution in [3.8, 4) is 5.69 Å². The molecule has 27 heavy (non-hydrogen) atoms. The second-order valence-electron chi connectivity index (χ2n) is 6.45. The Balaban J connectivity index is 2.25. The van der Waals surface area contributed by atoms with Crippen molar-refractivity contribution in [2.45, 2.75) is 19.8 Å². The Morgan fingerprint density at radius 1 is 1.33 bits per heavy atom. The Bertz CT molecular complexity index is 1380. The fourth-order valence-electron chi connectivity index (χ4n) is 3.31. The highest BCUT2D eigenvalue weighted by Gasteiger charge is 2.20. The maximum atomic E-state index is 14.2. The molecule has 0 aliphatic carbocycles. The van der Waals surface area contributed by atoms with Crippen LogP contribution in [0.1, 0.15) is 36.5 Å². The number of aromatic amines is 1. The number of hydrogen-bond donors (Lipinski definition) is 2. The molecule has 136 valence electrons. The van der Waals surface area contributed by atoms with E-state index in [-0.39, 0.29) is 11.6 Å². The second kappa shape index (κ2) is 6.39. The molecule has 4 aromatic rings. The number of carbonyl (C=O) groups is 1. The predicted octanol–water partition coefficient (Wildman–Crippen LogP) is 4.87. The summed E-state index contributed by atoms with van der Waals surface area (Å²) in [7, 11) is 0. The lowest BCUT2D eigenvalue weighted by Crippen LogP contribution is -2.03. The zero-order valence-electron chi connectivity index (χ0n) is 18.6. The highest BCUT2D eigenvalue weighted by Crippen LogP contribution is 2.36. The molecule has 0 atom stereocenters. The number of carboxylic acids is 1. The van der Waals surface area contributed by atoms with E-state index in [4.69, 9.17) is 10.6 Å². The molecular weight excluding hydrogens is 345 g/mol. The second-order valence-corrected chi connectivity index (χ2v) is 6.45. The van der Waals surface area contributed by atoms with Crippen LogP contribution in [0.15, 0.2) is 48.6 Å². The Morgan fingerprint density at radius 3 is 2.74 bits per heavy atom. The number of nitrogens with zero attached hydrogens (tertiary/aromatic N) is 2. The van der Waals surface area contributed by atoms with Crippen molar-refractivity contribution in [1.29, 1.82) is 0 Å². The number of fused-ring (bicyclic) bond motifs is 2. The van der Waals surface area contributed by atoms with Crippen molar-refractivity contribution in [2.75, 3.05) is 0 Å². The number of hydrogen-bond acceptors (Lipinski definition) is 2. The molecule has 0 aliphatic heterocycles. The minimum Gasteiger partial charge on any atom is -0.478 e. The molecule has 0 bridgehead atoms. The first-order valence-corrected chi connectivity index (χ1v) is 8.32. The molecule has 2 aromatic carbocycles. The van der Waals surface area contributed by atoms with Gasteiger partial charge in [-0.25, -0.2) is 9.18 Å². The molecule has 5 nitrogen and oxygen atoms in total. The number of rotatable bonds is 4. The van der Waals surface area contributed by atoms with Crippen LogP contribution in [0.3, 0.4) is 0 Å². The largest absolute Gasteiger partial charge is 0.478 e. The van der Waals surface area contributed by atoms with Gasteiger partial charge in [0.25, 0.3) is 0 Å². The lowest BCUT2D eigenvalue weighted by Gasteiger charge is -2.14. The van der Waals surface area contributed by atoms with Crippen LogP contribution in [0.25, 0.3) is 33.6 Å². The van der Waals surface area contributed by atoms with Gasteiger partial charge in [0, 0.05) is 33.8 Å². The zero-order chi connectivity index (χ0) is 22.6. The van der Waals surface area contributed by atoms with E-state index in [1.807, 2.05) is 13.8 Å². The maximum Gasteiger partial charge on any atom is 0.328 e. The minimum absolute atomic E-state index is 0.0945. The number of halogens is 1. The molecule has 0 saturated carbocycles. The summed E-state index contributed by atoms with van der Waals surface area (Å²) in [6.45, 7) is 3.74. The molecule has 0 saturated heterocycles. The normalized spacial score (nSPS) is 14.1. The van der Waals surface area contributed by atoms with Gasteiger partial charge in [0.15, 0.2) is 0 Å². The van der Waals surface area contributed by atoms with Crippen molar-refractivity contribution in [3.63, 3.8) is 0 Å². The first-order chi connectivity index (χ1) is 14.6. The number of aromatic nitrogens is 3. The predicted molar refractivity (Wildman–Crippen MR) is 104 cm³/mol. The first-order valence-electron chi connectivity index (χ1n) is 10.3. The third-order valence-corrected chi connectivity index (χ3v) is 4.35. The van der Waals surface area contributed by atoms with E-state index in [1.54, 1.807) is 22.9 Å². The van der Waals surface area contributed by atoms with Crippen LogP contribution in [0.5, 0.6) is 0 Å². The molecule has 0 fully saturated rings. The van der Waals surface area contributed by atoms with Gasteiger partial charge < -0.3 is 9.67 Å². The molecule has 0 aliphatic rings. The van der Waals surface area contributed by atoms with Gasteiger partial charge in [-0.3, -0.25) is 5.10 Å². The van der Waals surface area contributed by atoms with Gasteiger partial charge in [-0.2, -0.15) is 5.10 Å². The smallest absolute Gasteiger partial charge is 0.328 e. The van der Waals surface area contributed by atoms with Gasteiger partial charge in [-0.05, 0) is 48.3 Å². The number of aliphatic carboxylic acids is 1. The summed E-state index contributed by atoms with van der Waals surface area (Å²) in [4.78, 5) is 11.2. The quantitative estimate of drug-likeness (QED) is 0.506. The Kier molecular flexibility index (Phi) is 3.05. The molecule has 2 N–H and O–H groups in total. The highest BCUT2D eigenvalue weighted by atomic mass is 19.1. The van der Waals surface area contributed by atoms with Gasteiger partial charge >= 0.3 is 5.97 Å². The first kappa shape index (κ1) is 12.9. The van der Waals surface area contributed by atoms with E-state index in [1.165, 1.54) is 6.08 Å². The van der Waals surface area contributed by atoms with Gasteiger partial charge in [0.1, 0.15) is 5.82 Å². The topological polar surface area (TPSA) is 70.9 Å². The molecule has 2 aromatic heterocycles. The molecule has 6 heteroatoms. The molecule has 4 rings (SSSR count). The molecule has 0 radical (unpaired) electrons. The minimum atomic E-state index is -1.22. The van der Waals surface area contributed by atoms with Crippen LogP contribution in [0, 0.1) is 5.82 Å². The maximum absolute atomic E-state index is 14.2. The van der Waals surface area contributed by atoms with Crippen molar-refractivity contribution in [2.24, 2.45) is 0 Å². The average molecular weight is 367 g/mol. The van der Waals surface area contributed by atoms with Crippen LogP contribution in [-0.4, -0.2) is 25.8 Å². The fourth-order valence-corrected chi connectivity index (χ4v) is 3.31. The van der Waals surface area contributed by atoms with Crippen LogP contribution >= 0.6 is 0 Å². The summed E-state index contributed by atoms with van der Waals surface area (Å²) in [6.07, 6.45) is 4.05. The summed E-state index contributed by atoms with van der Waals surface area (Å²) in [5.41, 5.74) is 2.30. The number of carboxylic acid groups (broad SMARTS) is 1. The van der Waals surface area contributed by atoms with Gasteiger partial charge in [-0.1, -0.05) is 13.8 Å². The Hall–Kier alpha value is -3.41. The van der Waals surface area contributed by atoms with Crippen molar-refractivity contribution in [3.05, 3.63) is 65.6 Å². The van der Waals surface area contributed by atoms with E-state index in [0.29, 0.717) is 27.7 Å². The summed E-state index contributed by atoms with van der Waals surface area (Å²) in [5.74, 6) is -2.54. The number of nitrogens with one attached hydrogen (secondary N) is 1. The molecule has 0 spiro atoms. The molecular formula is C21H18FN3O2. The Labute approximate surface area is 160 Å². The van der Waals surface area contributed by atoms with Gasteiger partial charge in [0.05, 0.1) is 22.7 Å². The van der Waals surface area contributed by atoms with Gasteiger partial charge in [0.2, 0.25) is 0 Å². The van der Waals surface area contributed by atoms with E-state index >= 15 is 0 Å². The van der Waals surface area contributed by atoms with Crippen LogP contribution in [0.2, 0.25) is 0 Å². The van der Waals surface area contributed by atoms with Crippen LogP contribution < -0.4 is 0 Å². The molecule has 0 unspecified atom stereocenters. The monoisotopic (exact) mass is 367 g/mol. The number of H-pyrrole nitrogens is 1. The average Bonchev–Trinajstić information content (AvgIpc) is 3.30. The highest BCUT2D eigenvalue weighted by molar-refractivity contribution is 6.02. The molecule has 2 heterocycles. The number of benzene rings is 2. The van der Waals surface area contributed by atoms with Crippen molar-refractivity contribution < 1.29 is 19.8 Å². The standard InChI is InChI=1S/C21H18FN3O2/c1-12(2)21-16(7-8-20(26)27)17-10-18-13(11-23-24-18)9-19(17)25(21)15-5-3-14(22)4-6-15/h3-12H,1-2H3,(H,23,24)(H,26,27)/b8-7+/i3D,4D,5D,6D. The Morgan fingerprint density at radius 2 is 2.07 bits per heavy atom. The SMILES string of the molecule is [2H]c1c([2H])c(-n2c(C(C)C)c(/C=C/C(=O)O)c3cc4[nH]ncc4cc32)c([2H])c([2H])c1F. The lowest BCUT2D eigenvalue weighted by molar-refractivity contribution is -0.131. The van der Waals surface area contributed by atoms with Crippen LogP contribution in [0.4, 0.5) is 4.39 Å². The van der Waals surface area contributed by atoms with E-state index < -0.39 is 36.0 Å². The summed E-state index contributed by atoms with van der Waals surface area (Å²) < 4.78 is 48.3. The van der Waals surface area contributed by atoms with E-state index in [0.717, 1.165) is 11.5 Å². The lowest BCUT2D eigenvalue weighted by atomic mass is 10.0. The van der Waals surface area contributed by atoms with Crippen molar-refractivity contribution >= 4 is 33.9 Å². The summed E-state index contributed by atoms with van der Waals surface area (Å²) in [5, 5.41) is 17.4. The van der Waals surface area contributed by atoms with Gasteiger partial charge in [-0.15, -0.1) is 0 Å². The fraction of sp³-hybridized carbons (Fsp3) is 0.143. The van der Waals surface area contributed by atoms with Crippen molar-refractivity contribution in [1.82, 2.24) is 14.8 Å². The summed E-state index contributed by atoms with van der Waals surface area (Å²) in [6, 6.07) is 1.01. The third-order valence-electron chi connectivity index (χ3n) is 4.35. The molecule has 0 amide bonds. The summed E-state index contributed by atoms with van der Waals surface area (Å²) >= 11 is 0.